The summed E-state index contributed by atoms with van der Waals surface area (Å²) in [6.07, 6.45) is 4.06. The topological polar surface area (TPSA) is 62.2 Å². The van der Waals surface area contributed by atoms with Crippen LogP contribution in [0.3, 0.4) is 0 Å². The summed E-state index contributed by atoms with van der Waals surface area (Å²) in [6.45, 7) is 6.70. The highest BCUT2D eigenvalue weighted by atomic mass is 16.1. The molecule has 0 saturated carbocycles. The van der Waals surface area contributed by atoms with E-state index in [0.717, 1.165) is 32.7 Å². The molecule has 1 aromatic heterocycles. The summed E-state index contributed by atoms with van der Waals surface area (Å²) in [7, 11) is 1.66. The molecule has 0 radical (unpaired) electrons. The molecule has 0 aliphatic carbocycles. The van der Waals surface area contributed by atoms with Crippen LogP contribution < -0.4 is 10.6 Å². The number of nitrogens with one attached hydrogen (secondary N) is 2. The van der Waals surface area contributed by atoms with Gasteiger partial charge in [0.15, 0.2) is 0 Å². The Hall–Kier alpha value is -2.18. The fourth-order valence-corrected chi connectivity index (χ4v) is 3.19. The normalized spacial score (nSPS) is 18.5. The Kier molecular flexibility index (Phi) is 5.27. The number of rotatable bonds is 5. The Morgan fingerprint density at radius 2 is 2.33 bits per heavy atom. The Morgan fingerprint density at radius 3 is 3.08 bits per heavy atom. The number of benzene rings is 1. The molecule has 2 N–H and O–H groups in total. The molecular formula is C18H25N5O. The highest BCUT2D eigenvalue weighted by Gasteiger charge is 2.24. The summed E-state index contributed by atoms with van der Waals surface area (Å²) < 4.78 is 1.96. The predicted molar refractivity (Wildman–Crippen MR) is 93.8 cm³/mol. The highest BCUT2D eigenvalue weighted by molar-refractivity contribution is 5.94. The molecule has 2 heterocycles. The van der Waals surface area contributed by atoms with Crippen molar-refractivity contribution in [1.82, 2.24) is 25.3 Å². The van der Waals surface area contributed by atoms with E-state index in [1.54, 1.807) is 7.05 Å². The third kappa shape index (κ3) is 3.66. The van der Waals surface area contributed by atoms with Crippen molar-refractivity contribution in [3.63, 3.8) is 0 Å². The minimum Gasteiger partial charge on any atom is -0.355 e. The number of aryl methyl sites for hydroxylation is 1. The van der Waals surface area contributed by atoms with Gasteiger partial charge in [0.05, 0.1) is 6.20 Å². The first-order valence-electron chi connectivity index (χ1n) is 8.49. The third-order valence-electron chi connectivity index (χ3n) is 4.51. The van der Waals surface area contributed by atoms with Crippen LogP contribution in [0.2, 0.25) is 0 Å². The number of hydrogen-bond acceptors (Lipinski definition) is 4. The van der Waals surface area contributed by atoms with Gasteiger partial charge < -0.3 is 10.6 Å². The van der Waals surface area contributed by atoms with Crippen LogP contribution in [0.25, 0.3) is 0 Å². The maximum atomic E-state index is 11.9. The monoisotopic (exact) mass is 327 g/mol. The molecule has 1 aliphatic rings. The van der Waals surface area contributed by atoms with Gasteiger partial charge in [0.25, 0.3) is 5.91 Å². The number of carbonyl (C=O) groups is 1. The van der Waals surface area contributed by atoms with Gasteiger partial charge in [0, 0.05) is 63.1 Å². The molecule has 0 bridgehead atoms. The number of hydrogen-bond donors (Lipinski definition) is 2. The van der Waals surface area contributed by atoms with Crippen molar-refractivity contribution in [1.29, 1.82) is 0 Å². The first kappa shape index (κ1) is 16.7. The minimum atomic E-state index is -0.0450. The lowest BCUT2D eigenvalue weighted by Gasteiger charge is -2.36. The van der Waals surface area contributed by atoms with Crippen molar-refractivity contribution in [2.24, 2.45) is 0 Å². The largest absolute Gasteiger partial charge is 0.355 e. The van der Waals surface area contributed by atoms with Gasteiger partial charge in [-0.15, -0.1) is 0 Å². The van der Waals surface area contributed by atoms with Gasteiger partial charge in [-0.05, 0) is 24.6 Å². The lowest BCUT2D eigenvalue weighted by atomic mass is 10.00. The maximum absolute atomic E-state index is 11.9. The van der Waals surface area contributed by atoms with Crippen LogP contribution in [0.15, 0.2) is 36.7 Å². The first-order chi connectivity index (χ1) is 11.7. The molecule has 1 amide bonds. The second-order valence-electron chi connectivity index (χ2n) is 6.10. The van der Waals surface area contributed by atoms with Crippen LogP contribution in [0.5, 0.6) is 0 Å². The zero-order chi connectivity index (χ0) is 16.9. The van der Waals surface area contributed by atoms with E-state index >= 15 is 0 Å². The van der Waals surface area contributed by atoms with Crippen molar-refractivity contribution in [3.05, 3.63) is 53.3 Å². The van der Waals surface area contributed by atoms with Gasteiger partial charge in [-0.1, -0.05) is 12.1 Å². The molecule has 24 heavy (non-hydrogen) atoms. The van der Waals surface area contributed by atoms with Crippen LogP contribution in [0.4, 0.5) is 0 Å². The number of amides is 1. The summed E-state index contributed by atoms with van der Waals surface area (Å²) in [5.41, 5.74) is 3.11. The fraction of sp³-hybridized carbons (Fsp3) is 0.444. The van der Waals surface area contributed by atoms with Crippen molar-refractivity contribution in [2.75, 3.05) is 26.7 Å². The number of aromatic nitrogens is 2. The van der Waals surface area contributed by atoms with E-state index in [4.69, 9.17) is 0 Å². The Labute approximate surface area is 142 Å². The third-order valence-corrected chi connectivity index (χ3v) is 4.51. The zero-order valence-corrected chi connectivity index (χ0v) is 14.3. The summed E-state index contributed by atoms with van der Waals surface area (Å²) in [4.78, 5) is 14.4. The quantitative estimate of drug-likeness (QED) is 0.872. The van der Waals surface area contributed by atoms with Crippen LogP contribution >= 0.6 is 0 Å². The Balaban J connectivity index is 1.80. The summed E-state index contributed by atoms with van der Waals surface area (Å²) in [5, 5.41) is 10.5. The van der Waals surface area contributed by atoms with Gasteiger partial charge in [-0.25, -0.2) is 0 Å². The van der Waals surface area contributed by atoms with Gasteiger partial charge in [-0.3, -0.25) is 14.4 Å². The summed E-state index contributed by atoms with van der Waals surface area (Å²) >= 11 is 0. The van der Waals surface area contributed by atoms with E-state index in [9.17, 15) is 4.79 Å². The molecule has 1 fully saturated rings. The second-order valence-corrected chi connectivity index (χ2v) is 6.10. The molecule has 1 atom stereocenters. The molecule has 6 nitrogen and oxygen atoms in total. The molecule has 3 rings (SSSR count). The van der Waals surface area contributed by atoms with Gasteiger partial charge >= 0.3 is 0 Å². The smallest absolute Gasteiger partial charge is 0.251 e. The van der Waals surface area contributed by atoms with Crippen LogP contribution in [-0.2, 0) is 13.1 Å². The van der Waals surface area contributed by atoms with Gasteiger partial charge in [0.1, 0.15) is 0 Å². The fourth-order valence-electron chi connectivity index (χ4n) is 3.19. The number of piperazine rings is 1. The number of carbonyl (C=O) groups excluding carboxylic acids is 1. The van der Waals surface area contributed by atoms with E-state index in [2.05, 4.69) is 39.8 Å². The average Bonchev–Trinajstić information content (AvgIpc) is 3.09. The molecule has 1 unspecified atom stereocenters. The van der Waals surface area contributed by atoms with E-state index in [0.29, 0.717) is 5.56 Å². The Bertz CT molecular complexity index is 696. The van der Waals surface area contributed by atoms with E-state index in [1.807, 2.05) is 29.1 Å². The van der Waals surface area contributed by atoms with Crippen molar-refractivity contribution < 1.29 is 4.79 Å². The zero-order valence-electron chi connectivity index (χ0n) is 14.3. The lowest BCUT2D eigenvalue weighted by molar-refractivity contribution is 0.0962. The Morgan fingerprint density at radius 1 is 1.46 bits per heavy atom. The first-order valence-corrected chi connectivity index (χ1v) is 8.49. The van der Waals surface area contributed by atoms with Crippen LogP contribution in [-0.4, -0.2) is 47.3 Å². The van der Waals surface area contributed by atoms with E-state index in [-0.39, 0.29) is 11.9 Å². The van der Waals surface area contributed by atoms with E-state index in [1.165, 1.54) is 11.1 Å². The summed E-state index contributed by atoms with van der Waals surface area (Å²) in [5.74, 6) is -0.0450. The number of nitrogens with zero attached hydrogens (tertiary/aromatic N) is 3. The van der Waals surface area contributed by atoms with Crippen molar-refractivity contribution >= 4 is 5.91 Å². The predicted octanol–water partition coefficient (Wildman–Crippen LogP) is 1.41. The SMILES string of the molecule is CCn1cc(CN2CCNCC2c2cccc(C(=O)NC)c2)cn1. The van der Waals surface area contributed by atoms with Crippen molar-refractivity contribution in [2.45, 2.75) is 26.1 Å². The molecule has 128 valence electrons. The van der Waals surface area contributed by atoms with Gasteiger partial charge in [-0.2, -0.15) is 5.10 Å². The molecular weight excluding hydrogens is 302 g/mol. The van der Waals surface area contributed by atoms with E-state index < -0.39 is 0 Å². The molecule has 0 spiro atoms. The molecule has 6 heteroatoms. The standard InChI is InChI=1S/C18H25N5O/c1-3-23-13-14(10-21-23)12-22-8-7-20-11-17(22)15-5-4-6-16(9-15)18(24)19-2/h4-6,9-10,13,17,20H,3,7-8,11-12H2,1-2H3,(H,19,24). The molecule has 1 aromatic carbocycles. The van der Waals surface area contributed by atoms with Crippen LogP contribution in [0, 0.1) is 0 Å². The summed E-state index contributed by atoms with van der Waals surface area (Å²) in [6, 6.07) is 8.18. The second kappa shape index (κ2) is 7.59. The molecule has 1 aliphatic heterocycles. The lowest BCUT2D eigenvalue weighted by Crippen LogP contribution is -2.45. The van der Waals surface area contributed by atoms with Crippen molar-refractivity contribution in [3.8, 4) is 0 Å². The molecule has 1 saturated heterocycles. The highest BCUT2D eigenvalue weighted by Crippen LogP contribution is 2.25. The molecule has 2 aromatic rings. The average molecular weight is 327 g/mol. The minimum absolute atomic E-state index is 0.0450. The van der Waals surface area contributed by atoms with Gasteiger partial charge in [0.2, 0.25) is 0 Å². The maximum Gasteiger partial charge on any atom is 0.251 e. The van der Waals surface area contributed by atoms with Crippen LogP contribution in [0.1, 0.15) is 34.5 Å².